The molecule has 6 heteroatoms. The van der Waals surface area contributed by atoms with Gasteiger partial charge in [0.15, 0.2) is 0 Å². The van der Waals surface area contributed by atoms with Crippen LogP contribution in [-0.2, 0) is 11.3 Å². The minimum absolute atomic E-state index is 0.0287. The first-order valence-corrected chi connectivity index (χ1v) is 8.10. The Morgan fingerprint density at radius 2 is 2.09 bits per heavy atom. The second-order valence-electron chi connectivity index (χ2n) is 5.67. The number of nitrogens with zero attached hydrogens (tertiary/aromatic N) is 1. The number of amides is 2. The zero-order valence-corrected chi connectivity index (χ0v) is 13.7. The molecule has 2 N–H and O–H groups in total. The molecule has 1 atom stereocenters. The molecule has 2 amide bonds. The van der Waals surface area contributed by atoms with Crippen molar-refractivity contribution in [1.82, 2.24) is 10.2 Å². The van der Waals surface area contributed by atoms with Gasteiger partial charge in [-0.1, -0.05) is 12.1 Å². The van der Waals surface area contributed by atoms with Gasteiger partial charge in [0.1, 0.15) is 12.4 Å². The number of methoxy groups -OCH3 is 1. The average molecular weight is 322 g/mol. The number of urea groups is 1. The van der Waals surface area contributed by atoms with Gasteiger partial charge in [-0.15, -0.1) is 0 Å². The maximum atomic E-state index is 12.2. The number of piperidine rings is 1. The minimum atomic E-state index is -0.107. The number of hydrogen-bond donors (Lipinski definition) is 2. The molecule has 23 heavy (non-hydrogen) atoms. The fraction of sp³-hybridized carbons (Fsp3) is 0.588. The molecule has 1 aromatic carbocycles. The summed E-state index contributed by atoms with van der Waals surface area (Å²) in [5.74, 6) is 0.786. The number of benzene rings is 1. The van der Waals surface area contributed by atoms with Crippen molar-refractivity contribution in [2.75, 3.05) is 33.5 Å². The summed E-state index contributed by atoms with van der Waals surface area (Å²) in [6.45, 7) is 2.28. The number of likely N-dealkylation sites (tertiary alicyclic amines) is 1. The predicted octanol–water partition coefficient (Wildman–Crippen LogP) is 1.77. The Morgan fingerprint density at radius 1 is 1.30 bits per heavy atom. The van der Waals surface area contributed by atoms with E-state index in [4.69, 9.17) is 9.47 Å². The number of nitrogens with one attached hydrogen (secondary N) is 1. The van der Waals surface area contributed by atoms with Crippen LogP contribution in [0.2, 0.25) is 0 Å². The van der Waals surface area contributed by atoms with Crippen LogP contribution < -0.4 is 10.1 Å². The summed E-state index contributed by atoms with van der Waals surface area (Å²) in [7, 11) is 1.64. The second kappa shape index (κ2) is 9.37. The third-order valence-corrected chi connectivity index (χ3v) is 4.02. The van der Waals surface area contributed by atoms with Gasteiger partial charge in [0.05, 0.1) is 19.3 Å². The third-order valence-electron chi connectivity index (χ3n) is 4.02. The first-order valence-electron chi connectivity index (χ1n) is 8.10. The number of carbonyl (C=O) groups is 1. The van der Waals surface area contributed by atoms with Gasteiger partial charge in [0, 0.05) is 20.2 Å². The zero-order chi connectivity index (χ0) is 16.5. The molecule has 2 rings (SSSR count). The Bertz CT molecular complexity index is 478. The standard InChI is InChI=1S/C17H26N2O4/c1-22-10-11-23-16-7-5-14(6-8-16)12-18-17(21)19-9-3-2-4-15(19)13-20/h5-8,15,20H,2-4,9-13H2,1H3,(H,18,21)/t15-/m1/s1. The molecule has 0 saturated carbocycles. The van der Waals surface area contributed by atoms with E-state index >= 15 is 0 Å². The van der Waals surface area contributed by atoms with E-state index in [0.717, 1.165) is 30.6 Å². The maximum Gasteiger partial charge on any atom is 0.317 e. The third kappa shape index (κ3) is 5.41. The topological polar surface area (TPSA) is 71.0 Å². The lowest BCUT2D eigenvalue weighted by molar-refractivity contribution is 0.108. The van der Waals surface area contributed by atoms with Gasteiger partial charge in [-0.3, -0.25) is 0 Å². The van der Waals surface area contributed by atoms with Gasteiger partial charge in [0.25, 0.3) is 0 Å². The summed E-state index contributed by atoms with van der Waals surface area (Å²) in [5, 5.41) is 12.3. The Kier molecular flexibility index (Phi) is 7.16. The van der Waals surface area contributed by atoms with Crippen LogP contribution in [0, 0.1) is 0 Å². The molecular formula is C17H26N2O4. The van der Waals surface area contributed by atoms with E-state index < -0.39 is 0 Å². The summed E-state index contributed by atoms with van der Waals surface area (Å²) in [5.41, 5.74) is 1.01. The number of aliphatic hydroxyl groups excluding tert-OH is 1. The van der Waals surface area contributed by atoms with Gasteiger partial charge in [-0.25, -0.2) is 4.79 Å². The van der Waals surface area contributed by atoms with Crippen molar-refractivity contribution in [2.45, 2.75) is 31.8 Å². The number of carbonyl (C=O) groups excluding carboxylic acids is 1. The first-order chi connectivity index (χ1) is 11.2. The van der Waals surface area contributed by atoms with Crippen LogP contribution in [-0.4, -0.2) is 55.6 Å². The molecule has 0 aromatic heterocycles. The lowest BCUT2D eigenvalue weighted by atomic mass is 10.0. The maximum absolute atomic E-state index is 12.2. The van der Waals surface area contributed by atoms with E-state index in [2.05, 4.69) is 5.32 Å². The zero-order valence-electron chi connectivity index (χ0n) is 13.7. The lowest BCUT2D eigenvalue weighted by Gasteiger charge is -2.34. The quantitative estimate of drug-likeness (QED) is 0.751. The Labute approximate surface area is 137 Å². The smallest absolute Gasteiger partial charge is 0.317 e. The van der Waals surface area contributed by atoms with Crippen molar-refractivity contribution < 1.29 is 19.4 Å². The van der Waals surface area contributed by atoms with Crippen molar-refractivity contribution in [3.63, 3.8) is 0 Å². The summed E-state index contributed by atoms with van der Waals surface area (Å²) >= 11 is 0. The molecule has 1 aliphatic heterocycles. The fourth-order valence-corrected chi connectivity index (χ4v) is 2.68. The fourth-order valence-electron chi connectivity index (χ4n) is 2.68. The van der Waals surface area contributed by atoms with Gasteiger partial charge >= 0.3 is 6.03 Å². The van der Waals surface area contributed by atoms with Crippen molar-refractivity contribution in [3.8, 4) is 5.75 Å². The predicted molar refractivity (Wildman–Crippen MR) is 87.5 cm³/mol. The van der Waals surface area contributed by atoms with E-state index in [-0.39, 0.29) is 18.7 Å². The Hall–Kier alpha value is -1.79. The van der Waals surface area contributed by atoms with Crippen LogP contribution in [0.5, 0.6) is 5.75 Å². The number of hydrogen-bond acceptors (Lipinski definition) is 4. The molecule has 0 radical (unpaired) electrons. The molecule has 128 valence electrons. The molecule has 0 bridgehead atoms. The number of rotatable bonds is 7. The normalized spacial score (nSPS) is 17.8. The highest BCUT2D eigenvalue weighted by Crippen LogP contribution is 2.17. The Morgan fingerprint density at radius 3 is 2.78 bits per heavy atom. The lowest BCUT2D eigenvalue weighted by Crippen LogP contribution is -2.49. The van der Waals surface area contributed by atoms with E-state index in [1.165, 1.54) is 0 Å². The van der Waals surface area contributed by atoms with Crippen LogP contribution in [0.15, 0.2) is 24.3 Å². The summed E-state index contributed by atoms with van der Waals surface area (Å²) in [4.78, 5) is 14.0. The molecule has 1 heterocycles. The van der Waals surface area contributed by atoms with E-state index in [0.29, 0.717) is 26.3 Å². The van der Waals surface area contributed by atoms with Crippen molar-refractivity contribution >= 4 is 6.03 Å². The average Bonchev–Trinajstić information content (AvgIpc) is 2.61. The molecule has 1 saturated heterocycles. The second-order valence-corrected chi connectivity index (χ2v) is 5.67. The molecule has 1 fully saturated rings. The van der Waals surface area contributed by atoms with Gasteiger partial charge in [-0.2, -0.15) is 0 Å². The van der Waals surface area contributed by atoms with Crippen LogP contribution in [0.3, 0.4) is 0 Å². The summed E-state index contributed by atoms with van der Waals surface area (Å²) in [6.07, 6.45) is 2.94. The first kappa shape index (κ1) is 17.6. The van der Waals surface area contributed by atoms with Crippen LogP contribution in [0.1, 0.15) is 24.8 Å². The van der Waals surface area contributed by atoms with Crippen LogP contribution >= 0.6 is 0 Å². The van der Waals surface area contributed by atoms with Crippen molar-refractivity contribution in [1.29, 1.82) is 0 Å². The largest absolute Gasteiger partial charge is 0.491 e. The molecule has 6 nitrogen and oxygen atoms in total. The summed E-state index contributed by atoms with van der Waals surface area (Å²) < 4.78 is 10.4. The van der Waals surface area contributed by atoms with Gasteiger partial charge in [-0.05, 0) is 37.0 Å². The molecular weight excluding hydrogens is 296 g/mol. The summed E-state index contributed by atoms with van der Waals surface area (Å²) in [6, 6.07) is 7.47. The monoisotopic (exact) mass is 322 g/mol. The highest BCUT2D eigenvalue weighted by atomic mass is 16.5. The molecule has 0 spiro atoms. The van der Waals surface area contributed by atoms with E-state index in [1.54, 1.807) is 12.0 Å². The molecule has 1 aliphatic rings. The minimum Gasteiger partial charge on any atom is -0.491 e. The van der Waals surface area contributed by atoms with Gasteiger partial charge in [0.2, 0.25) is 0 Å². The number of ether oxygens (including phenoxy) is 2. The van der Waals surface area contributed by atoms with E-state index in [1.807, 2.05) is 24.3 Å². The van der Waals surface area contributed by atoms with Crippen LogP contribution in [0.4, 0.5) is 4.79 Å². The SMILES string of the molecule is COCCOc1ccc(CNC(=O)N2CCCC[C@@H]2CO)cc1. The van der Waals surface area contributed by atoms with Crippen molar-refractivity contribution in [2.24, 2.45) is 0 Å². The highest BCUT2D eigenvalue weighted by Gasteiger charge is 2.25. The highest BCUT2D eigenvalue weighted by molar-refractivity contribution is 5.74. The molecule has 0 aliphatic carbocycles. The number of aliphatic hydroxyl groups is 1. The van der Waals surface area contributed by atoms with Gasteiger partial charge < -0.3 is 24.8 Å². The van der Waals surface area contributed by atoms with E-state index in [9.17, 15) is 9.90 Å². The Balaban J connectivity index is 1.79. The molecule has 0 unspecified atom stereocenters. The molecule has 1 aromatic rings. The van der Waals surface area contributed by atoms with Crippen molar-refractivity contribution in [3.05, 3.63) is 29.8 Å². The van der Waals surface area contributed by atoms with Crippen LogP contribution in [0.25, 0.3) is 0 Å².